The van der Waals surface area contributed by atoms with Gasteiger partial charge in [0, 0.05) is 11.5 Å². The summed E-state index contributed by atoms with van der Waals surface area (Å²) in [6.45, 7) is 2.93. The van der Waals surface area contributed by atoms with E-state index >= 15 is 0 Å². The Morgan fingerprint density at radius 3 is 2.55 bits per heavy atom. The maximum Gasteiger partial charge on any atom is 0.437 e. The zero-order valence-electron chi connectivity index (χ0n) is 17.4. The smallest absolute Gasteiger partial charge is 0.366 e. The van der Waals surface area contributed by atoms with E-state index in [4.69, 9.17) is 10.3 Å². The number of alkyl halides is 3. The number of para-hydroxylation sites is 1. The summed E-state index contributed by atoms with van der Waals surface area (Å²) in [5.74, 6) is -1.45. The van der Waals surface area contributed by atoms with Gasteiger partial charge >= 0.3 is 6.18 Å². The first kappa shape index (κ1) is 22.0. The Hall–Kier alpha value is -4.22. The molecule has 0 bridgehead atoms. The number of amides is 2. The number of pyridine rings is 1. The van der Waals surface area contributed by atoms with E-state index in [-0.39, 0.29) is 23.5 Å². The number of hydrogen-bond donors (Lipinski definition) is 2. The van der Waals surface area contributed by atoms with Crippen molar-refractivity contribution in [2.24, 2.45) is 5.73 Å². The van der Waals surface area contributed by atoms with Crippen molar-refractivity contribution in [1.29, 1.82) is 0 Å². The van der Waals surface area contributed by atoms with Crippen LogP contribution < -0.4 is 11.1 Å². The number of aryl methyl sites for hydroxylation is 1. The lowest BCUT2D eigenvalue weighted by Gasteiger charge is -2.10. The summed E-state index contributed by atoms with van der Waals surface area (Å²) in [5.41, 5.74) is 4.26. The molecule has 0 saturated heterocycles. The van der Waals surface area contributed by atoms with Gasteiger partial charge < -0.3 is 15.6 Å². The van der Waals surface area contributed by atoms with Crippen molar-refractivity contribution in [3.63, 3.8) is 0 Å². The van der Waals surface area contributed by atoms with Crippen LogP contribution >= 0.6 is 0 Å². The summed E-state index contributed by atoms with van der Waals surface area (Å²) in [4.78, 5) is 28.9. The van der Waals surface area contributed by atoms with Crippen LogP contribution in [0.3, 0.4) is 0 Å². The Labute approximate surface area is 184 Å². The van der Waals surface area contributed by atoms with Crippen molar-refractivity contribution in [3.05, 3.63) is 70.5 Å². The van der Waals surface area contributed by atoms with Gasteiger partial charge in [-0.2, -0.15) is 18.3 Å². The number of nitrogens with zero attached hydrogens (tertiary/aromatic N) is 4. The highest BCUT2D eigenvalue weighted by Crippen LogP contribution is 2.36. The number of nitrogens with one attached hydrogen (secondary N) is 1. The summed E-state index contributed by atoms with van der Waals surface area (Å²) in [7, 11) is 0. The molecule has 0 unspecified atom stereocenters. The third-order valence-electron chi connectivity index (χ3n) is 4.91. The number of aromatic nitrogens is 4. The molecule has 9 nitrogen and oxygen atoms in total. The van der Waals surface area contributed by atoms with Gasteiger partial charge in [-0.25, -0.2) is 4.98 Å². The summed E-state index contributed by atoms with van der Waals surface area (Å²) in [5, 5.41) is 9.99. The molecule has 33 heavy (non-hydrogen) atoms. The second kappa shape index (κ2) is 8.04. The number of primary amides is 1. The highest BCUT2D eigenvalue weighted by Gasteiger charge is 2.39. The molecule has 4 rings (SSSR count). The van der Waals surface area contributed by atoms with Crippen LogP contribution in [0.25, 0.3) is 10.9 Å². The van der Waals surface area contributed by atoms with Gasteiger partial charge in [-0.1, -0.05) is 23.4 Å². The summed E-state index contributed by atoms with van der Waals surface area (Å²) >= 11 is 0. The first-order chi connectivity index (χ1) is 15.5. The molecule has 2 amide bonds. The maximum absolute atomic E-state index is 13.7. The van der Waals surface area contributed by atoms with Crippen LogP contribution in [0.15, 0.2) is 40.9 Å². The van der Waals surface area contributed by atoms with Crippen molar-refractivity contribution in [2.45, 2.75) is 26.6 Å². The number of carbonyl (C=O) groups is 2. The van der Waals surface area contributed by atoms with Crippen LogP contribution in [-0.4, -0.2) is 31.7 Å². The molecule has 4 aromatic rings. The third-order valence-corrected chi connectivity index (χ3v) is 4.91. The average molecular weight is 458 g/mol. The Balaban J connectivity index is 1.74. The van der Waals surface area contributed by atoms with Crippen molar-refractivity contribution in [2.75, 3.05) is 5.32 Å². The summed E-state index contributed by atoms with van der Waals surface area (Å²) in [6, 6.07) is 9.18. The van der Waals surface area contributed by atoms with E-state index in [2.05, 4.69) is 20.6 Å². The zero-order chi connectivity index (χ0) is 23.9. The Kier molecular flexibility index (Phi) is 5.36. The number of benzene rings is 1. The van der Waals surface area contributed by atoms with Crippen molar-refractivity contribution < 1.29 is 27.3 Å². The van der Waals surface area contributed by atoms with Crippen molar-refractivity contribution in [1.82, 2.24) is 19.9 Å². The minimum Gasteiger partial charge on any atom is -0.366 e. The Bertz CT molecular complexity index is 1390. The van der Waals surface area contributed by atoms with E-state index in [1.165, 1.54) is 6.92 Å². The molecule has 0 aliphatic rings. The van der Waals surface area contributed by atoms with Crippen LogP contribution in [-0.2, 0) is 12.7 Å². The van der Waals surface area contributed by atoms with Gasteiger partial charge in [0.15, 0.2) is 11.5 Å². The fourth-order valence-corrected chi connectivity index (χ4v) is 3.36. The molecule has 12 heteroatoms. The Morgan fingerprint density at radius 1 is 1.18 bits per heavy atom. The van der Waals surface area contributed by atoms with E-state index in [1.54, 1.807) is 37.3 Å². The molecule has 3 aromatic heterocycles. The fourth-order valence-electron chi connectivity index (χ4n) is 3.36. The molecule has 0 saturated carbocycles. The second-order valence-corrected chi connectivity index (χ2v) is 7.29. The van der Waals surface area contributed by atoms with Gasteiger partial charge in [-0.15, -0.1) is 0 Å². The minimum atomic E-state index is -4.84. The first-order valence-electron chi connectivity index (χ1n) is 9.62. The van der Waals surface area contributed by atoms with E-state index in [0.29, 0.717) is 22.4 Å². The van der Waals surface area contributed by atoms with E-state index in [1.807, 2.05) is 0 Å². The van der Waals surface area contributed by atoms with E-state index in [9.17, 15) is 22.8 Å². The van der Waals surface area contributed by atoms with E-state index < -0.39 is 29.4 Å². The van der Waals surface area contributed by atoms with Crippen LogP contribution in [0.1, 0.15) is 43.7 Å². The lowest BCUT2D eigenvalue weighted by Crippen LogP contribution is -2.19. The standard InChI is InChI=1S/C21H17F3N6O3/c1-10-7-12(33-29-10)9-30-11(2)17(18(28-30)21(22,23)24)27-20(32)16-8-14(19(25)31)13-5-3-4-6-15(13)26-16/h3-8H,9H2,1-2H3,(H2,25,31)(H,27,32). The topological polar surface area (TPSA) is 129 Å². The molecule has 0 spiro atoms. The number of hydrogen-bond acceptors (Lipinski definition) is 6. The van der Waals surface area contributed by atoms with Crippen molar-refractivity contribution >= 4 is 28.4 Å². The molecule has 1 aromatic carbocycles. The highest BCUT2D eigenvalue weighted by molar-refractivity contribution is 6.10. The number of halogens is 3. The summed E-state index contributed by atoms with van der Waals surface area (Å²) < 4.78 is 47.1. The van der Waals surface area contributed by atoms with Crippen LogP contribution in [0.4, 0.5) is 18.9 Å². The van der Waals surface area contributed by atoms with Gasteiger partial charge in [0.25, 0.3) is 5.91 Å². The highest BCUT2D eigenvalue weighted by atomic mass is 19.4. The van der Waals surface area contributed by atoms with Crippen LogP contribution in [0, 0.1) is 13.8 Å². The number of rotatable bonds is 5. The molecule has 0 fully saturated rings. The quantitative estimate of drug-likeness (QED) is 0.471. The second-order valence-electron chi connectivity index (χ2n) is 7.29. The van der Waals surface area contributed by atoms with Crippen LogP contribution in [0.2, 0.25) is 0 Å². The number of carbonyl (C=O) groups excluding carboxylic acids is 2. The molecule has 0 aliphatic carbocycles. The molecular formula is C21H17F3N6O3. The molecule has 0 atom stereocenters. The predicted octanol–water partition coefficient (Wildman–Crippen LogP) is 3.45. The van der Waals surface area contributed by atoms with Crippen LogP contribution in [0.5, 0.6) is 0 Å². The largest absolute Gasteiger partial charge is 0.437 e. The predicted molar refractivity (Wildman–Crippen MR) is 111 cm³/mol. The fraction of sp³-hybridized carbons (Fsp3) is 0.190. The van der Waals surface area contributed by atoms with Gasteiger partial charge in [0.1, 0.15) is 12.2 Å². The summed E-state index contributed by atoms with van der Waals surface area (Å²) in [6.07, 6.45) is -4.84. The van der Waals surface area contributed by atoms with Gasteiger partial charge in [0.2, 0.25) is 5.91 Å². The lowest BCUT2D eigenvalue weighted by atomic mass is 10.1. The molecule has 0 radical (unpaired) electrons. The minimum absolute atomic E-state index is 0.0231. The van der Waals surface area contributed by atoms with Gasteiger partial charge in [0.05, 0.1) is 28.2 Å². The van der Waals surface area contributed by atoms with Gasteiger partial charge in [-0.3, -0.25) is 14.3 Å². The number of fused-ring (bicyclic) bond motifs is 1. The normalized spacial score (nSPS) is 11.7. The third kappa shape index (κ3) is 4.27. The Morgan fingerprint density at radius 2 is 1.91 bits per heavy atom. The monoisotopic (exact) mass is 458 g/mol. The molecular weight excluding hydrogens is 441 g/mol. The molecule has 170 valence electrons. The number of anilines is 1. The zero-order valence-corrected chi connectivity index (χ0v) is 17.4. The SMILES string of the molecule is Cc1cc(Cn2nc(C(F)(F)F)c(NC(=O)c3cc(C(N)=O)c4ccccc4n3)c2C)on1. The van der Waals surface area contributed by atoms with Gasteiger partial charge in [-0.05, 0) is 26.0 Å². The number of nitrogens with two attached hydrogens (primary N) is 1. The first-order valence-corrected chi connectivity index (χ1v) is 9.62. The molecule has 3 N–H and O–H groups in total. The molecule has 0 aliphatic heterocycles. The van der Waals surface area contributed by atoms with E-state index in [0.717, 1.165) is 10.7 Å². The lowest BCUT2D eigenvalue weighted by molar-refractivity contribution is -0.140. The van der Waals surface area contributed by atoms with Crippen molar-refractivity contribution in [3.8, 4) is 0 Å². The molecule has 3 heterocycles. The average Bonchev–Trinajstić information content (AvgIpc) is 3.30. The maximum atomic E-state index is 13.7.